The largest absolute Gasteiger partial charge is 0.342 e. The van der Waals surface area contributed by atoms with Gasteiger partial charge in [-0.15, -0.1) is 0 Å². The number of rotatable bonds is 6. The molecule has 5 heteroatoms. The molecule has 3 aromatic rings. The van der Waals surface area contributed by atoms with E-state index in [1.165, 1.54) is 18.2 Å². The van der Waals surface area contributed by atoms with Crippen LogP contribution in [0.15, 0.2) is 66.7 Å². The Labute approximate surface area is 181 Å². The molecule has 4 rings (SSSR count). The Morgan fingerprint density at radius 2 is 1.81 bits per heavy atom. The predicted molar refractivity (Wildman–Crippen MR) is 117 cm³/mol. The summed E-state index contributed by atoms with van der Waals surface area (Å²) in [5.74, 6) is -0.176. The first kappa shape index (κ1) is 21.2. The van der Waals surface area contributed by atoms with Crippen molar-refractivity contribution in [1.82, 2.24) is 9.88 Å². The van der Waals surface area contributed by atoms with E-state index in [0.29, 0.717) is 31.4 Å². The van der Waals surface area contributed by atoms with Crippen LogP contribution in [-0.4, -0.2) is 28.9 Å². The molecule has 31 heavy (non-hydrogen) atoms. The molecule has 0 bridgehead atoms. The van der Waals surface area contributed by atoms with E-state index >= 15 is 0 Å². The van der Waals surface area contributed by atoms with Crippen molar-refractivity contribution in [2.45, 2.75) is 38.0 Å². The Kier molecular flexibility index (Phi) is 6.70. The number of benzene rings is 2. The first-order valence-corrected chi connectivity index (χ1v) is 10.8. The Morgan fingerprint density at radius 3 is 2.61 bits per heavy atom. The molecule has 1 unspecified atom stereocenters. The molecule has 2 heterocycles. The van der Waals surface area contributed by atoms with Gasteiger partial charge < -0.3 is 4.90 Å². The van der Waals surface area contributed by atoms with Crippen molar-refractivity contribution in [2.24, 2.45) is 0 Å². The van der Waals surface area contributed by atoms with Gasteiger partial charge in [0.05, 0.1) is 0 Å². The Hall–Kier alpha value is -3.08. The summed E-state index contributed by atoms with van der Waals surface area (Å²) in [6.07, 6.45) is 3.40. The molecule has 1 amide bonds. The highest BCUT2D eigenvalue weighted by Crippen LogP contribution is 2.27. The highest BCUT2D eigenvalue weighted by molar-refractivity contribution is 5.76. The van der Waals surface area contributed by atoms with E-state index in [9.17, 15) is 13.6 Å². The number of pyridine rings is 1. The number of carbonyl (C=O) groups is 1. The van der Waals surface area contributed by atoms with Gasteiger partial charge in [0.15, 0.2) is 0 Å². The molecule has 1 saturated heterocycles. The van der Waals surface area contributed by atoms with Crippen molar-refractivity contribution in [3.63, 3.8) is 0 Å². The lowest BCUT2D eigenvalue weighted by Crippen LogP contribution is -2.39. The summed E-state index contributed by atoms with van der Waals surface area (Å²) in [7, 11) is 0. The highest BCUT2D eigenvalue weighted by Gasteiger charge is 2.25. The van der Waals surface area contributed by atoms with Crippen molar-refractivity contribution >= 4 is 5.91 Å². The van der Waals surface area contributed by atoms with Crippen LogP contribution in [0.4, 0.5) is 8.78 Å². The molecule has 1 aliphatic rings. The van der Waals surface area contributed by atoms with Crippen LogP contribution in [-0.2, 0) is 17.6 Å². The van der Waals surface area contributed by atoms with E-state index in [4.69, 9.17) is 4.98 Å². The Morgan fingerprint density at radius 1 is 1.00 bits per heavy atom. The van der Waals surface area contributed by atoms with E-state index in [-0.39, 0.29) is 23.5 Å². The lowest BCUT2D eigenvalue weighted by atomic mass is 9.93. The number of amides is 1. The maximum atomic E-state index is 14.0. The third-order valence-electron chi connectivity index (χ3n) is 5.89. The first-order valence-electron chi connectivity index (χ1n) is 10.8. The molecule has 0 spiro atoms. The molecule has 1 fully saturated rings. The van der Waals surface area contributed by atoms with Crippen LogP contribution in [0, 0.1) is 11.6 Å². The van der Waals surface area contributed by atoms with Gasteiger partial charge in [-0.25, -0.2) is 8.78 Å². The monoisotopic (exact) mass is 420 g/mol. The molecule has 1 aliphatic heterocycles. The zero-order valence-corrected chi connectivity index (χ0v) is 17.4. The lowest BCUT2D eigenvalue weighted by molar-refractivity contribution is -0.132. The molecule has 2 aromatic carbocycles. The minimum Gasteiger partial charge on any atom is -0.342 e. The van der Waals surface area contributed by atoms with Gasteiger partial charge in [-0.05, 0) is 60.7 Å². The summed E-state index contributed by atoms with van der Waals surface area (Å²) in [4.78, 5) is 19.5. The average Bonchev–Trinajstić information content (AvgIpc) is 2.80. The van der Waals surface area contributed by atoms with E-state index in [2.05, 4.69) is 0 Å². The standard InChI is InChI=1S/C26H26F2N2O/c27-22-13-10-19(11-14-22)12-15-26(31)30-16-4-6-21(18-30)25-9-3-7-23(29-25)17-20-5-1-2-8-24(20)28/h1-3,5,7-11,13-14,21H,4,6,12,15-18H2. The Bertz CT molecular complexity index is 1040. The van der Waals surface area contributed by atoms with Gasteiger partial charge in [0.1, 0.15) is 11.6 Å². The van der Waals surface area contributed by atoms with Crippen LogP contribution in [0.25, 0.3) is 0 Å². The SMILES string of the molecule is O=C(CCc1ccc(F)cc1)N1CCCC(c2cccc(Cc3ccccc3F)n2)C1. The van der Waals surface area contributed by atoms with Crippen LogP contribution in [0.3, 0.4) is 0 Å². The topological polar surface area (TPSA) is 33.2 Å². The molecule has 0 aliphatic carbocycles. The number of aryl methyl sites for hydroxylation is 1. The van der Waals surface area contributed by atoms with Gasteiger partial charge in [0, 0.05) is 43.2 Å². The second-order valence-corrected chi connectivity index (χ2v) is 8.13. The maximum absolute atomic E-state index is 14.0. The maximum Gasteiger partial charge on any atom is 0.222 e. The van der Waals surface area contributed by atoms with Gasteiger partial charge in [0.25, 0.3) is 0 Å². The van der Waals surface area contributed by atoms with Crippen molar-refractivity contribution in [1.29, 1.82) is 0 Å². The van der Waals surface area contributed by atoms with Crippen molar-refractivity contribution in [3.8, 4) is 0 Å². The fourth-order valence-electron chi connectivity index (χ4n) is 4.17. The number of nitrogens with zero attached hydrogens (tertiary/aromatic N) is 2. The highest BCUT2D eigenvalue weighted by atomic mass is 19.1. The average molecular weight is 421 g/mol. The minimum atomic E-state index is -0.265. The molecule has 0 saturated carbocycles. The second kappa shape index (κ2) is 9.82. The number of hydrogen-bond donors (Lipinski definition) is 0. The van der Waals surface area contributed by atoms with Crippen LogP contribution in [0.2, 0.25) is 0 Å². The van der Waals surface area contributed by atoms with Crippen LogP contribution in [0.5, 0.6) is 0 Å². The molecule has 1 aromatic heterocycles. The number of carbonyl (C=O) groups excluding carboxylic acids is 1. The number of aromatic nitrogens is 1. The van der Waals surface area contributed by atoms with Gasteiger partial charge in [-0.3, -0.25) is 9.78 Å². The molecule has 160 valence electrons. The third kappa shape index (κ3) is 5.54. The molecule has 3 nitrogen and oxygen atoms in total. The normalized spacial score (nSPS) is 16.3. The van der Waals surface area contributed by atoms with Crippen molar-refractivity contribution in [3.05, 3.63) is 101 Å². The van der Waals surface area contributed by atoms with Gasteiger partial charge in [-0.1, -0.05) is 36.4 Å². The van der Waals surface area contributed by atoms with Crippen LogP contribution in [0.1, 0.15) is 47.7 Å². The Balaban J connectivity index is 1.38. The van der Waals surface area contributed by atoms with E-state index in [1.807, 2.05) is 29.2 Å². The predicted octanol–water partition coefficient (Wildman–Crippen LogP) is 5.29. The lowest BCUT2D eigenvalue weighted by Gasteiger charge is -2.32. The number of piperidine rings is 1. The second-order valence-electron chi connectivity index (χ2n) is 8.13. The summed E-state index contributed by atoms with van der Waals surface area (Å²) in [5, 5.41) is 0. The molecular weight excluding hydrogens is 394 g/mol. The molecule has 0 N–H and O–H groups in total. The van der Waals surface area contributed by atoms with Crippen molar-refractivity contribution in [2.75, 3.05) is 13.1 Å². The van der Waals surface area contributed by atoms with Gasteiger partial charge in [0.2, 0.25) is 5.91 Å². The van der Waals surface area contributed by atoms with Gasteiger partial charge >= 0.3 is 0 Å². The third-order valence-corrected chi connectivity index (χ3v) is 5.89. The number of hydrogen-bond acceptors (Lipinski definition) is 2. The molecule has 1 atom stereocenters. The fraction of sp³-hybridized carbons (Fsp3) is 0.308. The zero-order valence-electron chi connectivity index (χ0n) is 17.4. The van der Waals surface area contributed by atoms with Crippen LogP contribution >= 0.6 is 0 Å². The van der Waals surface area contributed by atoms with Gasteiger partial charge in [-0.2, -0.15) is 0 Å². The molecular formula is C26H26F2N2O. The summed E-state index contributed by atoms with van der Waals surface area (Å²) in [5.41, 5.74) is 3.39. The first-order chi connectivity index (χ1) is 15.1. The number of halogens is 2. The van der Waals surface area contributed by atoms with E-state index in [0.717, 1.165) is 36.3 Å². The number of likely N-dealkylation sites (tertiary alicyclic amines) is 1. The smallest absolute Gasteiger partial charge is 0.222 e. The molecule has 0 radical (unpaired) electrons. The fourth-order valence-corrected chi connectivity index (χ4v) is 4.17. The summed E-state index contributed by atoms with van der Waals surface area (Å²) < 4.78 is 27.0. The van der Waals surface area contributed by atoms with Crippen molar-refractivity contribution < 1.29 is 13.6 Å². The minimum absolute atomic E-state index is 0.122. The van der Waals surface area contributed by atoms with E-state index in [1.54, 1.807) is 24.3 Å². The van der Waals surface area contributed by atoms with E-state index < -0.39 is 0 Å². The summed E-state index contributed by atoms with van der Waals surface area (Å²) in [6, 6.07) is 19.0. The summed E-state index contributed by atoms with van der Waals surface area (Å²) in [6.45, 7) is 1.41. The van der Waals surface area contributed by atoms with Crippen LogP contribution < -0.4 is 0 Å². The summed E-state index contributed by atoms with van der Waals surface area (Å²) >= 11 is 0. The zero-order chi connectivity index (χ0) is 21.6. The quantitative estimate of drug-likeness (QED) is 0.543.